The van der Waals surface area contributed by atoms with E-state index in [2.05, 4.69) is 43.6 Å². The topological polar surface area (TPSA) is 29.9 Å². The molecule has 2 unspecified atom stereocenters. The van der Waals surface area contributed by atoms with Crippen molar-refractivity contribution in [1.29, 1.82) is 0 Å². The van der Waals surface area contributed by atoms with Gasteiger partial charge in [-0.25, -0.2) is 0 Å². The highest BCUT2D eigenvalue weighted by Crippen LogP contribution is 2.46. The summed E-state index contributed by atoms with van der Waals surface area (Å²) >= 11 is 0. The van der Waals surface area contributed by atoms with Crippen LogP contribution in [-0.2, 0) is 7.05 Å². The van der Waals surface area contributed by atoms with Gasteiger partial charge < -0.3 is 5.32 Å². The zero-order valence-electron chi connectivity index (χ0n) is 12.2. The van der Waals surface area contributed by atoms with Gasteiger partial charge in [-0.2, -0.15) is 5.10 Å². The first-order valence-corrected chi connectivity index (χ1v) is 7.21. The SMILES string of the molecule is CCNCC1CCC(C)(C)CC1c1cnn(C)c1. The van der Waals surface area contributed by atoms with Crippen LogP contribution in [0.25, 0.3) is 0 Å². The number of hydrogen-bond donors (Lipinski definition) is 1. The van der Waals surface area contributed by atoms with E-state index < -0.39 is 0 Å². The molecule has 2 atom stereocenters. The van der Waals surface area contributed by atoms with Crippen molar-refractivity contribution >= 4 is 0 Å². The van der Waals surface area contributed by atoms with E-state index in [4.69, 9.17) is 0 Å². The number of aromatic nitrogens is 2. The molecule has 102 valence electrons. The number of rotatable bonds is 4. The van der Waals surface area contributed by atoms with Crippen molar-refractivity contribution in [2.24, 2.45) is 18.4 Å². The first-order chi connectivity index (χ1) is 8.52. The summed E-state index contributed by atoms with van der Waals surface area (Å²) in [4.78, 5) is 0. The molecule has 1 saturated carbocycles. The Morgan fingerprint density at radius 2 is 2.28 bits per heavy atom. The monoisotopic (exact) mass is 249 g/mol. The molecule has 0 radical (unpaired) electrons. The molecular formula is C15H27N3. The molecule has 0 bridgehead atoms. The van der Waals surface area contributed by atoms with Gasteiger partial charge in [0.25, 0.3) is 0 Å². The summed E-state index contributed by atoms with van der Waals surface area (Å²) in [5, 5.41) is 7.88. The van der Waals surface area contributed by atoms with Gasteiger partial charge in [0.1, 0.15) is 0 Å². The van der Waals surface area contributed by atoms with Crippen molar-refractivity contribution in [2.75, 3.05) is 13.1 Å². The third-order valence-electron chi connectivity index (χ3n) is 4.34. The Balaban J connectivity index is 2.13. The van der Waals surface area contributed by atoms with E-state index in [9.17, 15) is 0 Å². The Morgan fingerprint density at radius 3 is 2.89 bits per heavy atom. The molecule has 3 heteroatoms. The van der Waals surface area contributed by atoms with Gasteiger partial charge >= 0.3 is 0 Å². The quantitative estimate of drug-likeness (QED) is 0.889. The molecule has 3 nitrogen and oxygen atoms in total. The van der Waals surface area contributed by atoms with Crippen LogP contribution in [0.1, 0.15) is 51.5 Å². The molecule has 1 aliphatic rings. The number of aryl methyl sites for hydroxylation is 1. The highest BCUT2D eigenvalue weighted by Gasteiger charge is 2.35. The summed E-state index contributed by atoms with van der Waals surface area (Å²) in [6.07, 6.45) is 8.23. The van der Waals surface area contributed by atoms with E-state index in [1.165, 1.54) is 24.8 Å². The molecule has 0 saturated heterocycles. The largest absolute Gasteiger partial charge is 0.317 e. The fourth-order valence-corrected chi connectivity index (χ4v) is 3.24. The van der Waals surface area contributed by atoms with Crippen molar-refractivity contribution in [2.45, 2.75) is 46.0 Å². The van der Waals surface area contributed by atoms with Gasteiger partial charge in [0, 0.05) is 13.2 Å². The first-order valence-electron chi connectivity index (χ1n) is 7.21. The van der Waals surface area contributed by atoms with Crippen molar-refractivity contribution in [1.82, 2.24) is 15.1 Å². The van der Waals surface area contributed by atoms with Gasteiger partial charge in [-0.3, -0.25) is 4.68 Å². The summed E-state index contributed by atoms with van der Waals surface area (Å²) in [7, 11) is 2.01. The lowest BCUT2D eigenvalue weighted by molar-refractivity contribution is 0.160. The molecule has 1 N–H and O–H groups in total. The molecule has 0 amide bonds. The number of nitrogens with one attached hydrogen (secondary N) is 1. The fourth-order valence-electron chi connectivity index (χ4n) is 3.24. The second-order valence-electron chi connectivity index (χ2n) is 6.53. The lowest BCUT2D eigenvalue weighted by atomic mass is 9.65. The lowest BCUT2D eigenvalue weighted by Crippen LogP contribution is -2.34. The van der Waals surface area contributed by atoms with Gasteiger partial charge in [0.05, 0.1) is 6.20 Å². The van der Waals surface area contributed by atoms with Crippen LogP contribution in [0.5, 0.6) is 0 Å². The average molecular weight is 249 g/mol. The van der Waals surface area contributed by atoms with Crippen molar-refractivity contribution in [3.63, 3.8) is 0 Å². The highest BCUT2D eigenvalue weighted by molar-refractivity contribution is 5.15. The Hall–Kier alpha value is -0.830. The molecule has 0 aromatic carbocycles. The van der Waals surface area contributed by atoms with Crippen LogP contribution < -0.4 is 5.32 Å². The average Bonchev–Trinajstić information content (AvgIpc) is 2.73. The van der Waals surface area contributed by atoms with Crippen LogP contribution in [0.4, 0.5) is 0 Å². The predicted octanol–water partition coefficient (Wildman–Crippen LogP) is 2.94. The Bertz CT molecular complexity index is 381. The zero-order chi connectivity index (χ0) is 13.2. The minimum atomic E-state index is 0.475. The smallest absolute Gasteiger partial charge is 0.0524 e. The van der Waals surface area contributed by atoms with Crippen LogP contribution in [0.3, 0.4) is 0 Å². The molecule has 0 spiro atoms. The minimum Gasteiger partial charge on any atom is -0.317 e. The second-order valence-corrected chi connectivity index (χ2v) is 6.53. The number of hydrogen-bond acceptors (Lipinski definition) is 2. The fraction of sp³-hybridized carbons (Fsp3) is 0.800. The molecule has 18 heavy (non-hydrogen) atoms. The summed E-state index contributed by atoms with van der Waals surface area (Å²) in [5.41, 5.74) is 1.90. The second kappa shape index (κ2) is 5.43. The summed E-state index contributed by atoms with van der Waals surface area (Å²) < 4.78 is 1.93. The predicted molar refractivity (Wildman–Crippen MR) is 75.6 cm³/mol. The van der Waals surface area contributed by atoms with Crippen LogP contribution in [-0.4, -0.2) is 22.9 Å². The standard InChI is InChI=1S/C15H27N3/c1-5-16-9-12-6-7-15(2,3)8-14(12)13-10-17-18(4)11-13/h10-12,14,16H,5-9H2,1-4H3. The Kier molecular flexibility index (Phi) is 4.10. The molecule has 1 aromatic heterocycles. The summed E-state index contributed by atoms with van der Waals surface area (Å²) in [5.74, 6) is 1.43. The van der Waals surface area contributed by atoms with E-state index in [0.29, 0.717) is 11.3 Å². The maximum atomic E-state index is 4.35. The van der Waals surface area contributed by atoms with Gasteiger partial charge in [-0.15, -0.1) is 0 Å². The first kappa shape index (κ1) is 13.6. The van der Waals surface area contributed by atoms with Crippen LogP contribution >= 0.6 is 0 Å². The van der Waals surface area contributed by atoms with E-state index in [-0.39, 0.29) is 0 Å². The Labute approximate surface area is 111 Å². The maximum Gasteiger partial charge on any atom is 0.0524 e. The van der Waals surface area contributed by atoms with Crippen molar-refractivity contribution in [3.05, 3.63) is 18.0 Å². The Morgan fingerprint density at radius 1 is 1.50 bits per heavy atom. The lowest BCUT2D eigenvalue weighted by Gasteiger charge is -2.40. The third kappa shape index (κ3) is 3.14. The third-order valence-corrected chi connectivity index (χ3v) is 4.34. The van der Waals surface area contributed by atoms with E-state index in [0.717, 1.165) is 19.0 Å². The van der Waals surface area contributed by atoms with E-state index >= 15 is 0 Å². The molecule has 1 fully saturated rings. The molecule has 1 heterocycles. The normalized spacial score (nSPS) is 27.3. The van der Waals surface area contributed by atoms with Gasteiger partial charge in [-0.05, 0) is 55.2 Å². The molecule has 0 aliphatic heterocycles. The maximum absolute atomic E-state index is 4.35. The molecule has 1 aromatic rings. The zero-order valence-corrected chi connectivity index (χ0v) is 12.2. The van der Waals surface area contributed by atoms with Gasteiger partial charge in [0.15, 0.2) is 0 Å². The van der Waals surface area contributed by atoms with E-state index in [1.54, 1.807) is 0 Å². The molecule has 2 rings (SSSR count). The van der Waals surface area contributed by atoms with Crippen LogP contribution in [0.15, 0.2) is 12.4 Å². The van der Waals surface area contributed by atoms with E-state index in [1.807, 2.05) is 11.7 Å². The van der Waals surface area contributed by atoms with Gasteiger partial charge in [0.2, 0.25) is 0 Å². The van der Waals surface area contributed by atoms with Crippen molar-refractivity contribution in [3.8, 4) is 0 Å². The number of nitrogens with zero attached hydrogens (tertiary/aromatic N) is 2. The van der Waals surface area contributed by atoms with Crippen LogP contribution in [0, 0.1) is 11.3 Å². The summed E-state index contributed by atoms with van der Waals surface area (Å²) in [6, 6.07) is 0. The van der Waals surface area contributed by atoms with Crippen LogP contribution in [0.2, 0.25) is 0 Å². The molecule has 1 aliphatic carbocycles. The highest BCUT2D eigenvalue weighted by atomic mass is 15.2. The summed E-state index contributed by atoms with van der Waals surface area (Å²) in [6.45, 7) is 9.21. The van der Waals surface area contributed by atoms with Gasteiger partial charge in [-0.1, -0.05) is 20.8 Å². The van der Waals surface area contributed by atoms with Crippen molar-refractivity contribution < 1.29 is 0 Å². The molecular weight excluding hydrogens is 222 g/mol. The minimum absolute atomic E-state index is 0.475.